The van der Waals surface area contributed by atoms with Crippen LogP contribution in [0.25, 0.3) is 11.5 Å². The van der Waals surface area contributed by atoms with Gasteiger partial charge in [0.1, 0.15) is 12.0 Å². The fourth-order valence-corrected chi connectivity index (χ4v) is 1.59. The Kier molecular flexibility index (Phi) is 3.23. The van der Waals surface area contributed by atoms with Crippen molar-refractivity contribution < 1.29 is 9.21 Å². The monoisotopic (exact) mass is 230 g/mol. The molecule has 4 heteroatoms. The van der Waals surface area contributed by atoms with Gasteiger partial charge >= 0.3 is 0 Å². The van der Waals surface area contributed by atoms with E-state index in [0.29, 0.717) is 17.3 Å². The number of hydrogen-bond donors (Lipinski definition) is 1. The average molecular weight is 230 g/mol. The van der Waals surface area contributed by atoms with Gasteiger partial charge in [-0.05, 0) is 26.0 Å². The summed E-state index contributed by atoms with van der Waals surface area (Å²) in [7, 11) is 0. The fourth-order valence-electron chi connectivity index (χ4n) is 1.59. The van der Waals surface area contributed by atoms with Crippen LogP contribution in [0, 0.1) is 6.92 Å². The number of carbonyl (C=O) groups excluding carboxylic acids is 1. The molecule has 0 spiro atoms. The molecule has 0 saturated heterocycles. The van der Waals surface area contributed by atoms with Gasteiger partial charge in [-0.15, -0.1) is 0 Å². The number of nitrogens with zero attached hydrogens (tertiary/aromatic N) is 1. The van der Waals surface area contributed by atoms with Crippen LogP contribution in [0.4, 0.5) is 5.88 Å². The number of aryl methyl sites for hydroxylation is 1. The number of aldehydes is 1. The second-order valence-corrected chi connectivity index (χ2v) is 3.71. The van der Waals surface area contributed by atoms with Crippen molar-refractivity contribution in [2.24, 2.45) is 0 Å². The zero-order valence-corrected chi connectivity index (χ0v) is 9.86. The summed E-state index contributed by atoms with van der Waals surface area (Å²) in [6.07, 6.45) is 0.810. The predicted octanol–water partition coefficient (Wildman–Crippen LogP) is 2.89. The highest BCUT2D eigenvalue weighted by Crippen LogP contribution is 2.25. The first-order valence-corrected chi connectivity index (χ1v) is 5.51. The van der Waals surface area contributed by atoms with E-state index in [9.17, 15) is 4.79 Å². The Morgan fingerprint density at radius 3 is 3.00 bits per heavy atom. The summed E-state index contributed by atoms with van der Waals surface area (Å²) in [5.41, 5.74) is 2.24. The molecule has 0 bridgehead atoms. The SMILES string of the molecule is CCNc1oc(-c2cccc(C=O)c2)nc1C. The van der Waals surface area contributed by atoms with E-state index in [1.165, 1.54) is 0 Å². The van der Waals surface area contributed by atoms with Gasteiger partial charge in [-0.1, -0.05) is 12.1 Å². The third-order valence-electron chi connectivity index (χ3n) is 2.40. The van der Waals surface area contributed by atoms with Crippen LogP contribution in [-0.2, 0) is 0 Å². The molecule has 2 rings (SSSR count). The van der Waals surface area contributed by atoms with E-state index in [-0.39, 0.29) is 0 Å². The topological polar surface area (TPSA) is 55.1 Å². The number of benzene rings is 1. The minimum atomic E-state index is 0.530. The van der Waals surface area contributed by atoms with Crippen molar-refractivity contribution in [3.63, 3.8) is 0 Å². The van der Waals surface area contributed by atoms with Crippen LogP contribution in [0.3, 0.4) is 0 Å². The van der Waals surface area contributed by atoms with E-state index >= 15 is 0 Å². The maximum absolute atomic E-state index is 10.7. The smallest absolute Gasteiger partial charge is 0.228 e. The predicted molar refractivity (Wildman–Crippen MR) is 66.2 cm³/mol. The molecular formula is C13H14N2O2. The van der Waals surface area contributed by atoms with E-state index in [4.69, 9.17) is 4.42 Å². The Morgan fingerprint density at radius 1 is 1.47 bits per heavy atom. The van der Waals surface area contributed by atoms with Gasteiger partial charge in [0.15, 0.2) is 0 Å². The van der Waals surface area contributed by atoms with Gasteiger partial charge in [0.05, 0.1) is 0 Å². The lowest BCUT2D eigenvalue weighted by Crippen LogP contribution is -1.95. The van der Waals surface area contributed by atoms with Crippen LogP contribution in [0.2, 0.25) is 0 Å². The highest BCUT2D eigenvalue weighted by molar-refractivity contribution is 5.77. The Labute approximate surface area is 99.7 Å². The zero-order chi connectivity index (χ0) is 12.3. The molecule has 0 amide bonds. The lowest BCUT2D eigenvalue weighted by Gasteiger charge is -1.98. The van der Waals surface area contributed by atoms with E-state index in [0.717, 1.165) is 24.1 Å². The first-order valence-electron chi connectivity index (χ1n) is 5.51. The molecule has 0 aliphatic heterocycles. The second-order valence-electron chi connectivity index (χ2n) is 3.71. The van der Waals surface area contributed by atoms with Crippen molar-refractivity contribution in [1.29, 1.82) is 0 Å². The first-order chi connectivity index (χ1) is 8.24. The minimum Gasteiger partial charge on any atom is -0.420 e. The first kappa shape index (κ1) is 11.4. The lowest BCUT2D eigenvalue weighted by molar-refractivity contribution is 0.112. The lowest BCUT2D eigenvalue weighted by atomic mass is 10.1. The summed E-state index contributed by atoms with van der Waals surface area (Å²) >= 11 is 0. The maximum Gasteiger partial charge on any atom is 0.228 e. The van der Waals surface area contributed by atoms with Crippen molar-refractivity contribution in [2.45, 2.75) is 13.8 Å². The quantitative estimate of drug-likeness (QED) is 0.820. The Bertz CT molecular complexity index is 532. The van der Waals surface area contributed by atoms with Crippen molar-refractivity contribution in [3.8, 4) is 11.5 Å². The molecule has 0 fully saturated rings. The third-order valence-corrected chi connectivity index (χ3v) is 2.40. The molecular weight excluding hydrogens is 216 g/mol. The van der Waals surface area contributed by atoms with Gasteiger partial charge in [-0.25, -0.2) is 4.98 Å². The molecule has 2 aromatic rings. The zero-order valence-electron chi connectivity index (χ0n) is 9.86. The summed E-state index contributed by atoms with van der Waals surface area (Å²) < 4.78 is 5.60. The van der Waals surface area contributed by atoms with E-state index in [1.54, 1.807) is 12.1 Å². The summed E-state index contributed by atoms with van der Waals surface area (Å²) in [6.45, 7) is 4.66. The molecule has 0 radical (unpaired) electrons. The minimum absolute atomic E-state index is 0.530. The van der Waals surface area contributed by atoms with Crippen molar-refractivity contribution in [3.05, 3.63) is 35.5 Å². The molecule has 88 valence electrons. The van der Waals surface area contributed by atoms with Crippen LogP contribution in [0.15, 0.2) is 28.7 Å². The van der Waals surface area contributed by atoms with Crippen LogP contribution in [0.1, 0.15) is 23.0 Å². The fraction of sp³-hybridized carbons (Fsp3) is 0.231. The van der Waals surface area contributed by atoms with Gasteiger partial charge in [-0.2, -0.15) is 0 Å². The Morgan fingerprint density at radius 2 is 2.29 bits per heavy atom. The molecule has 0 saturated carbocycles. The Balaban J connectivity index is 2.38. The van der Waals surface area contributed by atoms with Gasteiger partial charge < -0.3 is 9.73 Å². The molecule has 0 aliphatic rings. The number of rotatable bonds is 4. The van der Waals surface area contributed by atoms with Crippen LogP contribution in [0.5, 0.6) is 0 Å². The number of oxazole rings is 1. The number of aromatic nitrogens is 1. The molecule has 17 heavy (non-hydrogen) atoms. The van der Waals surface area contributed by atoms with Crippen molar-refractivity contribution in [2.75, 3.05) is 11.9 Å². The number of hydrogen-bond acceptors (Lipinski definition) is 4. The molecule has 4 nitrogen and oxygen atoms in total. The molecule has 1 aromatic heterocycles. The average Bonchev–Trinajstić information content (AvgIpc) is 2.72. The third kappa shape index (κ3) is 2.36. The molecule has 1 N–H and O–H groups in total. The molecule has 1 aromatic carbocycles. The normalized spacial score (nSPS) is 10.2. The number of carbonyl (C=O) groups is 1. The summed E-state index contributed by atoms with van der Waals surface area (Å²) in [4.78, 5) is 15.0. The second kappa shape index (κ2) is 4.82. The largest absolute Gasteiger partial charge is 0.420 e. The molecule has 0 aliphatic carbocycles. The Hall–Kier alpha value is -2.10. The highest BCUT2D eigenvalue weighted by Gasteiger charge is 2.10. The van der Waals surface area contributed by atoms with E-state index in [2.05, 4.69) is 10.3 Å². The van der Waals surface area contributed by atoms with Crippen molar-refractivity contribution >= 4 is 12.2 Å². The van der Waals surface area contributed by atoms with E-state index in [1.807, 2.05) is 26.0 Å². The maximum atomic E-state index is 10.7. The van der Waals surface area contributed by atoms with Crippen molar-refractivity contribution in [1.82, 2.24) is 4.98 Å². The highest BCUT2D eigenvalue weighted by atomic mass is 16.4. The summed E-state index contributed by atoms with van der Waals surface area (Å²) in [5, 5.41) is 3.10. The van der Waals surface area contributed by atoms with Gasteiger partial charge in [-0.3, -0.25) is 4.79 Å². The summed E-state index contributed by atoms with van der Waals surface area (Å²) in [6, 6.07) is 7.19. The van der Waals surface area contributed by atoms with Gasteiger partial charge in [0.25, 0.3) is 0 Å². The number of anilines is 1. The van der Waals surface area contributed by atoms with Crippen LogP contribution < -0.4 is 5.32 Å². The van der Waals surface area contributed by atoms with Gasteiger partial charge in [0, 0.05) is 17.7 Å². The number of nitrogens with one attached hydrogen (secondary N) is 1. The molecule has 0 unspecified atom stereocenters. The summed E-state index contributed by atoms with van der Waals surface area (Å²) in [5.74, 6) is 1.21. The van der Waals surface area contributed by atoms with Crippen LogP contribution >= 0.6 is 0 Å². The molecule has 0 atom stereocenters. The molecule has 1 heterocycles. The van der Waals surface area contributed by atoms with Gasteiger partial charge in [0.2, 0.25) is 11.8 Å². The van der Waals surface area contributed by atoms with Crippen LogP contribution in [-0.4, -0.2) is 17.8 Å². The standard InChI is InChI=1S/C13H14N2O2/c1-3-14-12-9(2)15-13(17-12)11-6-4-5-10(7-11)8-16/h4-8,14H,3H2,1-2H3. The van der Waals surface area contributed by atoms with E-state index < -0.39 is 0 Å².